The highest BCUT2D eigenvalue weighted by atomic mass is 16.5. The number of carbonyl (C=O) groups is 1. The number of nitrogens with zero attached hydrogens (tertiary/aromatic N) is 1. The molecule has 4 saturated carbocycles. The van der Waals surface area contributed by atoms with Crippen LogP contribution < -0.4 is 10.1 Å². The highest BCUT2D eigenvalue weighted by Crippen LogP contribution is 2.65. The van der Waals surface area contributed by atoms with Crippen LogP contribution in [0.4, 0.5) is 0 Å². The maximum Gasteiger partial charge on any atom is 0.226 e. The summed E-state index contributed by atoms with van der Waals surface area (Å²) in [4.78, 5) is 16.2. The van der Waals surface area contributed by atoms with Crippen molar-refractivity contribution in [3.8, 4) is 5.75 Å². The Morgan fingerprint density at radius 3 is 2.29 bits per heavy atom. The lowest BCUT2D eigenvalue weighted by molar-refractivity contribution is -0.149. The Balaban J connectivity index is 1.12. The Hall–Kier alpha value is -2.37. The van der Waals surface area contributed by atoms with Crippen molar-refractivity contribution in [2.24, 2.45) is 17.3 Å². The van der Waals surface area contributed by atoms with E-state index in [1.807, 2.05) is 0 Å². The van der Waals surface area contributed by atoms with E-state index >= 15 is 0 Å². The molecule has 4 aliphatic carbocycles. The molecule has 4 bridgehead atoms. The van der Waals surface area contributed by atoms with Gasteiger partial charge >= 0.3 is 0 Å². The van der Waals surface area contributed by atoms with Crippen molar-refractivity contribution in [2.45, 2.75) is 57.0 Å². The molecule has 2 aromatic carbocycles. The summed E-state index contributed by atoms with van der Waals surface area (Å²) < 4.78 is 10.8. The molecule has 1 saturated heterocycles. The van der Waals surface area contributed by atoms with Crippen LogP contribution in [0.2, 0.25) is 0 Å². The number of methoxy groups -OCH3 is 1. The SMILES string of the molecule is COc1ccc(C23CC4CC(CC(C(=O)NCc5ccc(CN6CCOCC6)cc5)(C4)C2)C3)cc1. The van der Waals surface area contributed by atoms with Gasteiger partial charge < -0.3 is 14.8 Å². The second-order valence-electron chi connectivity index (χ2n) is 11.6. The molecule has 5 fully saturated rings. The van der Waals surface area contributed by atoms with Crippen LogP contribution in [0.5, 0.6) is 5.75 Å². The predicted octanol–water partition coefficient (Wildman–Crippen LogP) is 4.68. The summed E-state index contributed by atoms with van der Waals surface area (Å²) in [5.74, 6) is 2.52. The van der Waals surface area contributed by atoms with E-state index in [-0.39, 0.29) is 16.7 Å². The van der Waals surface area contributed by atoms with E-state index in [0.29, 0.717) is 18.4 Å². The summed E-state index contributed by atoms with van der Waals surface area (Å²) in [5, 5.41) is 3.36. The van der Waals surface area contributed by atoms with E-state index in [1.165, 1.54) is 36.0 Å². The van der Waals surface area contributed by atoms with Crippen LogP contribution in [-0.4, -0.2) is 44.2 Å². The van der Waals surface area contributed by atoms with Crippen molar-refractivity contribution in [1.82, 2.24) is 10.2 Å². The molecule has 0 spiro atoms. The Labute approximate surface area is 209 Å². The molecule has 2 unspecified atom stereocenters. The topological polar surface area (TPSA) is 50.8 Å². The number of hydrogen-bond donors (Lipinski definition) is 1. The van der Waals surface area contributed by atoms with Crippen LogP contribution in [0.25, 0.3) is 0 Å². The third-order valence-electron chi connectivity index (χ3n) is 9.23. The zero-order chi connectivity index (χ0) is 23.9. The van der Waals surface area contributed by atoms with Crippen LogP contribution in [0, 0.1) is 17.3 Å². The molecule has 0 aromatic heterocycles. The molecule has 5 heteroatoms. The van der Waals surface area contributed by atoms with Crippen molar-refractivity contribution >= 4 is 5.91 Å². The van der Waals surface area contributed by atoms with Gasteiger partial charge in [-0.25, -0.2) is 0 Å². The second kappa shape index (κ2) is 9.25. The number of amides is 1. The van der Waals surface area contributed by atoms with E-state index < -0.39 is 0 Å². The molecule has 2 atom stereocenters. The fourth-order valence-corrected chi connectivity index (χ4v) is 7.96. The first kappa shape index (κ1) is 23.1. The lowest BCUT2D eigenvalue weighted by Gasteiger charge is -2.61. The molecule has 1 amide bonds. The van der Waals surface area contributed by atoms with Gasteiger partial charge in [-0.2, -0.15) is 0 Å². The number of ether oxygens (including phenoxy) is 2. The summed E-state index contributed by atoms with van der Waals surface area (Å²) in [6, 6.07) is 17.4. The average Bonchev–Trinajstić information content (AvgIpc) is 2.88. The Morgan fingerprint density at radius 2 is 1.63 bits per heavy atom. The third kappa shape index (κ3) is 4.49. The predicted molar refractivity (Wildman–Crippen MR) is 136 cm³/mol. The molecular weight excluding hydrogens is 436 g/mol. The fraction of sp³-hybridized carbons (Fsp3) is 0.567. The number of nitrogens with one attached hydrogen (secondary N) is 1. The van der Waals surface area contributed by atoms with Crippen LogP contribution in [0.1, 0.15) is 55.2 Å². The molecule has 186 valence electrons. The van der Waals surface area contributed by atoms with Crippen molar-refractivity contribution in [3.63, 3.8) is 0 Å². The monoisotopic (exact) mass is 474 g/mol. The molecule has 1 aliphatic heterocycles. The minimum atomic E-state index is -0.208. The van der Waals surface area contributed by atoms with E-state index in [0.717, 1.165) is 57.9 Å². The largest absolute Gasteiger partial charge is 0.497 e. The van der Waals surface area contributed by atoms with Crippen LogP contribution in [-0.2, 0) is 28.0 Å². The highest BCUT2D eigenvalue weighted by molar-refractivity contribution is 5.83. The Morgan fingerprint density at radius 1 is 0.971 bits per heavy atom. The van der Waals surface area contributed by atoms with E-state index in [4.69, 9.17) is 9.47 Å². The lowest BCUT2D eigenvalue weighted by atomic mass is 9.42. The van der Waals surface area contributed by atoms with E-state index in [2.05, 4.69) is 58.7 Å². The Kier molecular flexibility index (Phi) is 6.10. The molecule has 35 heavy (non-hydrogen) atoms. The van der Waals surface area contributed by atoms with Gasteiger partial charge in [-0.15, -0.1) is 0 Å². The summed E-state index contributed by atoms with van der Waals surface area (Å²) in [5.41, 5.74) is 3.85. The normalized spacial score (nSPS) is 31.9. The van der Waals surface area contributed by atoms with Gasteiger partial charge in [0.05, 0.1) is 25.7 Å². The number of benzene rings is 2. The summed E-state index contributed by atoms with van der Waals surface area (Å²) >= 11 is 0. The molecule has 5 nitrogen and oxygen atoms in total. The third-order valence-corrected chi connectivity index (χ3v) is 9.23. The van der Waals surface area contributed by atoms with Crippen LogP contribution in [0.15, 0.2) is 48.5 Å². The van der Waals surface area contributed by atoms with E-state index in [1.54, 1.807) is 7.11 Å². The zero-order valence-corrected chi connectivity index (χ0v) is 20.9. The highest BCUT2D eigenvalue weighted by Gasteiger charge is 2.60. The number of carbonyl (C=O) groups excluding carboxylic acids is 1. The lowest BCUT2D eigenvalue weighted by Crippen LogP contribution is -2.59. The number of morpholine rings is 1. The number of hydrogen-bond acceptors (Lipinski definition) is 4. The first-order valence-electron chi connectivity index (χ1n) is 13.4. The molecule has 7 rings (SSSR count). The van der Waals surface area contributed by atoms with Gasteiger partial charge in [0.25, 0.3) is 0 Å². The van der Waals surface area contributed by atoms with Gasteiger partial charge in [0.15, 0.2) is 0 Å². The zero-order valence-electron chi connectivity index (χ0n) is 20.9. The summed E-state index contributed by atoms with van der Waals surface area (Å²) in [7, 11) is 1.72. The quantitative estimate of drug-likeness (QED) is 0.633. The van der Waals surface area contributed by atoms with Gasteiger partial charge in [0, 0.05) is 26.2 Å². The number of rotatable bonds is 7. The van der Waals surface area contributed by atoms with Gasteiger partial charge in [-0.3, -0.25) is 9.69 Å². The van der Waals surface area contributed by atoms with Gasteiger partial charge in [0.1, 0.15) is 5.75 Å². The van der Waals surface area contributed by atoms with Crippen molar-refractivity contribution < 1.29 is 14.3 Å². The van der Waals surface area contributed by atoms with Gasteiger partial charge in [-0.1, -0.05) is 36.4 Å². The van der Waals surface area contributed by atoms with E-state index in [9.17, 15) is 4.79 Å². The second-order valence-corrected chi connectivity index (χ2v) is 11.6. The molecular formula is C30H38N2O3. The first-order valence-corrected chi connectivity index (χ1v) is 13.4. The Bertz CT molecular complexity index is 1030. The summed E-state index contributed by atoms with van der Waals surface area (Å²) in [6.45, 7) is 5.24. The first-order chi connectivity index (χ1) is 17.1. The van der Waals surface area contributed by atoms with Crippen LogP contribution in [0.3, 0.4) is 0 Å². The standard InChI is InChI=1S/C30H38N2O3/c1-34-27-8-6-26(7-9-27)29-15-24-14-25(16-29)18-30(17-24,21-29)28(33)31-19-22-2-4-23(5-3-22)20-32-10-12-35-13-11-32/h2-9,24-25H,10-21H2,1H3,(H,31,33). The average molecular weight is 475 g/mol. The van der Waals surface area contributed by atoms with Gasteiger partial charge in [-0.05, 0) is 84.6 Å². The minimum absolute atomic E-state index is 0.148. The summed E-state index contributed by atoms with van der Waals surface area (Å²) in [6.07, 6.45) is 6.88. The maximum absolute atomic E-state index is 13.7. The van der Waals surface area contributed by atoms with Crippen LogP contribution >= 0.6 is 0 Å². The van der Waals surface area contributed by atoms with Gasteiger partial charge in [0.2, 0.25) is 5.91 Å². The van der Waals surface area contributed by atoms with Crippen molar-refractivity contribution in [1.29, 1.82) is 0 Å². The molecule has 0 radical (unpaired) electrons. The molecule has 1 heterocycles. The molecule has 1 N–H and O–H groups in total. The minimum Gasteiger partial charge on any atom is -0.497 e. The molecule has 5 aliphatic rings. The van der Waals surface area contributed by atoms with Crippen molar-refractivity contribution in [2.75, 3.05) is 33.4 Å². The maximum atomic E-state index is 13.7. The van der Waals surface area contributed by atoms with Crippen molar-refractivity contribution in [3.05, 3.63) is 65.2 Å². The molecule has 2 aromatic rings. The fourth-order valence-electron chi connectivity index (χ4n) is 7.96. The smallest absolute Gasteiger partial charge is 0.226 e.